The molecule has 0 aliphatic carbocycles. The Hall–Kier alpha value is -1.88. The Labute approximate surface area is 178 Å². The number of ether oxygens (including phenoxy) is 1. The van der Waals surface area contributed by atoms with Crippen molar-refractivity contribution in [2.75, 3.05) is 31.1 Å². The quantitative estimate of drug-likeness (QED) is 0.497. The average Bonchev–Trinajstić information content (AvgIpc) is 2.71. The first-order chi connectivity index (χ1) is 13.8. The second kappa shape index (κ2) is 14.2. The Morgan fingerprint density at radius 3 is 2.03 bits per heavy atom. The highest BCUT2D eigenvalue weighted by molar-refractivity contribution is 6.02. The molecule has 1 aliphatic heterocycles. The summed E-state index contributed by atoms with van der Waals surface area (Å²) in [6.07, 6.45) is 0. The van der Waals surface area contributed by atoms with Gasteiger partial charge in [-0.3, -0.25) is 9.69 Å². The molecule has 0 saturated carbocycles. The van der Waals surface area contributed by atoms with E-state index in [0.29, 0.717) is 25.6 Å². The fourth-order valence-electron chi connectivity index (χ4n) is 3.45. The highest BCUT2D eigenvalue weighted by Gasteiger charge is 2.36. The highest BCUT2D eigenvalue weighted by atomic mass is 16.5. The normalized spacial score (nSPS) is 17.4. The zero-order valence-electron chi connectivity index (χ0n) is 20.0. The number of rotatable bonds is 6. The third kappa shape index (κ3) is 7.81. The summed E-state index contributed by atoms with van der Waals surface area (Å²) < 4.78 is 5.09. The van der Waals surface area contributed by atoms with E-state index < -0.39 is 12.0 Å². The van der Waals surface area contributed by atoms with Gasteiger partial charge in [-0.2, -0.15) is 0 Å². The van der Waals surface area contributed by atoms with Gasteiger partial charge in [0.2, 0.25) is 0 Å². The van der Waals surface area contributed by atoms with Crippen LogP contribution in [-0.4, -0.2) is 55.0 Å². The molecule has 5 nitrogen and oxygen atoms in total. The van der Waals surface area contributed by atoms with Gasteiger partial charge < -0.3 is 9.64 Å². The summed E-state index contributed by atoms with van der Waals surface area (Å²) in [5.41, 5.74) is 2.51. The van der Waals surface area contributed by atoms with Crippen LogP contribution in [0.5, 0.6) is 0 Å². The Morgan fingerprint density at radius 1 is 1.07 bits per heavy atom. The second-order valence-electron chi connectivity index (χ2n) is 7.05. The number of benzene rings is 1. The van der Waals surface area contributed by atoms with E-state index in [9.17, 15) is 9.59 Å². The van der Waals surface area contributed by atoms with Crippen LogP contribution in [0.4, 0.5) is 5.69 Å². The molecule has 1 fully saturated rings. The van der Waals surface area contributed by atoms with E-state index >= 15 is 0 Å². The Morgan fingerprint density at radius 2 is 1.62 bits per heavy atom. The van der Waals surface area contributed by atoms with Gasteiger partial charge in [-0.05, 0) is 44.4 Å². The van der Waals surface area contributed by atoms with Gasteiger partial charge in [0.25, 0.3) is 0 Å². The molecule has 2 rings (SSSR count). The standard InChI is InChI=1S/C20H30N2O3.2C2H6/c1-6-25-20(24)19(16(5)23)21-11-12-22(15(4)13-21)18-9-7-17(8-10-18)14(2)3;2*1-2/h7-10,14-15,19H,6,11-13H2,1-5H3;2*1-2H3. The number of carbonyl (C=O) groups excluding carboxylic acids is 2. The van der Waals surface area contributed by atoms with Gasteiger partial charge in [-0.1, -0.05) is 53.7 Å². The SMILES string of the molecule is CC.CC.CCOC(=O)C(C(C)=O)N1CCN(c2ccc(C(C)C)cc2)C(C)C1. The van der Waals surface area contributed by atoms with Gasteiger partial charge in [0.1, 0.15) is 0 Å². The minimum atomic E-state index is -0.784. The molecule has 1 aromatic carbocycles. The van der Waals surface area contributed by atoms with Crippen molar-refractivity contribution in [3.05, 3.63) is 29.8 Å². The van der Waals surface area contributed by atoms with Crippen molar-refractivity contribution in [3.63, 3.8) is 0 Å². The molecule has 2 unspecified atom stereocenters. The number of piperazine rings is 1. The molecule has 0 radical (unpaired) electrons. The maximum absolute atomic E-state index is 12.1. The fourth-order valence-corrected chi connectivity index (χ4v) is 3.45. The van der Waals surface area contributed by atoms with Crippen molar-refractivity contribution in [2.24, 2.45) is 0 Å². The molecule has 5 heteroatoms. The van der Waals surface area contributed by atoms with E-state index in [1.165, 1.54) is 18.2 Å². The van der Waals surface area contributed by atoms with Gasteiger partial charge >= 0.3 is 5.97 Å². The van der Waals surface area contributed by atoms with Crippen LogP contribution in [0.2, 0.25) is 0 Å². The van der Waals surface area contributed by atoms with Crippen LogP contribution in [0.1, 0.15) is 73.8 Å². The molecule has 1 heterocycles. The number of esters is 1. The predicted molar refractivity (Wildman–Crippen MR) is 123 cm³/mol. The van der Waals surface area contributed by atoms with Gasteiger partial charge in [0.05, 0.1) is 6.61 Å². The summed E-state index contributed by atoms with van der Waals surface area (Å²) in [5.74, 6) is -0.0680. The second-order valence-corrected chi connectivity index (χ2v) is 7.05. The van der Waals surface area contributed by atoms with Crippen LogP contribution >= 0.6 is 0 Å². The van der Waals surface area contributed by atoms with E-state index in [2.05, 4.69) is 49.9 Å². The van der Waals surface area contributed by atoms with Gasteiger partial charge in [0, 0.05) is 31.4 Å². The molecule has 0 aromatic heterocycles. The summed E-state index contributed by atoms with van der Waals surface area (Å²) in [5, 5.41) is 0. The number of hydrogen-bond donors (Lipinski definition) is 0. The van der Waals surface area contributed by atoms with Crippen LogP contribution in [0.25, 0.3) is 0 Å². The Balaban J connectivity index is 0.00000184. The van der Waals surface area contributed by atoms with Crippen molar-refractivity contribution in [2.45, 2.75) is 80.3 Å². The van der Waals surface area contributed by atoms with Crippen molar-refractivity contribution in [3.8, 4) is 0 Å². The maximum Gasteiger partial charge on any atom is 0.331 e. The van der Waals surface area contributed by atoms with Crippen molar-refractivity contribution >= 4 is 17.4 Å². The first kappa shape index (κ1) is 27.1. The number of Topliss-reactive ketones (excluding diaryl/α,β-unsaturated/α-hetero) is 1. The molecule has 0 spiro atoms. The van der Waals surface area contributed by atoms with E-state index in [4.69, 9.17) is 4.74 Å². The molecule has 2 atom stereocenters. The highest BCUT2D eigenvalue weighted by Crippen LogP contribution is 2.24. The monoisotopic (exact) mass is 406 g/mol. The summed E-state index contributed by atoms with van der Waals surface area (Å²) >= 11 is 0. The lowest BCUT2D eigenvalue weighted by Gasteiger charge is -2.43. The van der Waals surface area contributed by atoms with Gasteiger partial charge in [-0.25, -0.2) is 4.79 Å². The number of carbonyl (C=O) groups is 2. The van der Waals surface area contributed by atoms with Crippen LogP contribution in [0, 0.1) is 0 Å². The first-order valence-electron chi connectivity index (χ1n) is 11.1. The molecule has 1 aromatic rings. The van der Waals surface area contributed by atoms with Crippen LogP contribution < -0.4 is 4.90 Å². The van der Waals surface area contributed by atoms with Crippen LogP contribution in [0.15, 0.2) is 24.3 Å². The maximum atomic E-state index is 12.1. The zero-order valence-corrected chi connectivity index (χ0v) is 20.0. The van der Waals surface area contributed by atoms with E-state index in [1.807, 2.05) is 32.6 Å². The van der Waals surface area contributed by atoms with Crippen LogP contribution in [-0.2, 0) is 14.3 Å². The van der Waals surface area contributed by atoms with E-state index in [0.717, 1.165) is 6.54 Å². The summed E-state index contributed by atoms with van der Waals surface area (Å²) in [6, 6.07) is 8.11. The number of nitrogens with zero attached hydrogens (tertiary/aromatic N) is 2. The Bertz CT molecular complexity index is 599. The topological polar surface area (TPSA) is 49.9 Å². The van der Waals surface area contributed by atoms with E-state index in [1.54, 1.807) is 6.92 Å². The molecular formula is C24H42N2O3. The van der Waals surface area contributed by atoms with Crippen molar-refractivity contribution < 1.29 is 14.3 Å². The first-order valence-corrected chi connectivity index (χ1v) is 11.1. The van der Waals surface area contributed by atoms with Crippen LogP contribution in [0.3, 0.4) is 0 Å². The number of hydrogen-bond acceptors (Lipinski definition) is 5. The molecule has 1 aliphatic rings. The van der Waals surface area contributed by atoms with Gasteiger partial charge in [-0.15, -0.1) is 0 Å². The lowest BCUT2D eigenvalue weighted by Crippen LogP contribution is -2.58. The number of anilines is 1. The third-order valence-corrected chi connectivity index (χ3v) is 4.81. The fraction of sp³-hybridized carbons (Fsp3) is 0.667. The summed E-state index contributed by atoms with van der Waals surface area (Å²) in [7, 11) is 0. The molecular weight excluding hydrogens is 364 g/mol. The minimum Gasteiger partial charge on any atom is -0.464 e. The molecule has 1 saturated heterocycles. The molecule has 166 valence electrons. The molecule has 29 heavy (non-hydrogen) atoms. The predicted octanol–water partition coefficient (Wildman–Crippen LogP) is 4.89. The Kier molecular flexibility index (Phi) is 13.2. The average molecular weight is 407 g/mol. The largest absolute Gasteiger partial charge is 0.464 e. The molecule has 0 N–H and O–H groups in total. The lowest BCUT2D eigenvalue weighted by atomic mass is 10.0. The minimum absolute atomic E-state index is 0.152. The van der Waals surface area contributed by atoms with Crippen molar-refractivity contribution in [1.29, 1.82) is 0 Å². The lowest BCUT2D eigenvalue weighted by molar-refractivity contribution is -0.153. The molecule has 0 bridgehead atoms. The third-order valence-electron chi connectivity index (χ3n) is 4.81. The smallest absolute Gasteiger partial charge is 0.331 e. The van der Waals surface area contributed by atoms with Gasteiger partial charge in [0.15, 0.2) is 11.8 Å². The van der Waals surface area contributed by atoms with Crippen molar-refractivity contribution in [1.82, 2.24) is 4.90 Å². The summed E-state index contributed by atoms with van der Waals surface area (Å²) in [4.78, 5) is 28.4. The zero-order chi connectivity index (χ0) is 22.6. The number of ketones is 1. The van der Waals surface area contributed by atoms with E-state index in [-0.39, 0.29) is 11.8 Å². The summed E-state index contributed by atoms with van der Waals surface area (Å²) in [6.45, 7) is 20.1. The molecule has 0 amide bonds.